The van der Waals surface area contributed by atoms with Crippen LogP contribution in [-0.4, -0.2) is 22.7 Å². The van der Waals surface area contributed by atoms with Crippen LogP contribution in [0.25, 0.3) is 0 Å². The molecule has 0 saturated heterocycles. The molecule has 0 aromatic rings. The summed E-state index contributed by atoms with van der Waals surface area (Å²) in [5, 5.41) is 3.38. The van der Waals surface area contributed by atoms with E-state index in [1.807, 2.05) is 20.8 Å². The Balaban J connectivity index is 4.48. The van der Waals surface area contributed by atoms with E-state index in [1.165, 1.54) is 0 Å². The van der Waals surface area contributed by atoms with Gasteiger partial charge in [0.05, 0.1) is 5.41 Å². The van der Waals surface area contributed by atoms with Crippen LogP contribution in [0.2, 0.25) is 0 Å². The van der Waals surface area contributed by atoms with Crippen molar-refractivity contribution >= 4 is 28.6 Å². The van der Waals surface area contributed by atoms with Gasteiger partial charge in [0.1, 0.15) is 0 Å². The molecule has 4 heteroatoms. The first-order chi connectivity index (χ1) is 10.4. The molecule has 0 aliphatic rings. The number of hydrogen-bond acceptors (Lipinski definition) is 3. The summed E-state index contributed by atoms with van der Waals surface area (Å²) in [6.45, 7) is 20.1. The fourth-order valence-corrected chi connectivity index (χ4v) is 3.80. The van der Waals surface area contributed by atoms with Crippen LogP contribution in [0.15, 0.2) is 0 Å². The van der Waals surface area contributed by atoms with Gasteiger partial charge < -0.3 is 4.74 Å². The predicted octanol–water partition coefficient (Wildman–Crippen LogP) is 5.27. The SMILES string of the molecule is CC(NCC(C(C)C)C(C)I)OC(=O)C(C)(C)CC(C)C(C)C. The molecule has 0 aliphatic heterocycles. The smallest absolute Gasteiger partial charge is 0.313 e. The Morgan fingerprint density at radius 3 is 1.96 bits per heavy atom. The zero-order valence-electron chi connectivity index (χ0n) is 16.6. The van der Waals surface area contributed by atoms with Gasteiger partial charge in [0.15, 0.2) is 6.23 Å². The normalized spacial score (nSPS) is 17.9. The summed E-state index contributed by atoms with van der Waals surface area (Å²) in [6, 6.07) is 0. The van der Waals surface area contributed by atoms with Gasteiger partial charge in [-0.05, 0) is 50.9 Å². The first kappa shape index (κ1) is 23.2. The van der Waals surface area contributed by atoms with Crippen molar-refractivity contribution in [2.24, 2.45) is 29.1 Å². The second-order valence-electron chi connectivity index (χ2n) is 8.35. The van der Waals surface area contributed by atoms with Crippen molar-refractivity contribution in [1.82, 2.24) is 5.32 Å². The lowest BCUT2D eigenvalue weighted by atomic mass is 9.79. The van der Waals surface area contributed by atoms with Gasteiger partial charge in [0.2, 0.25) is 0 Å². The summed E-state index contributed by atoms with van der Waals surface area (Å²) >= 11 is 2.48. The molecule has 0 bridgehead atoms. The highest BCUT2D eigenvalue weighted by Gasteiger charge is 2.33. The van der Waals surface area contributed by atoms with E-state index in [2.05, 4.69) is 69.5 Å². The highest BCUT2D eigenvalue weighted by Crippen LogP contribution is 2.30. The minimum atomic E-state index is -0.437. The minimum absolute atomic E-state index is 0.103. The van der Waals surface area contributed by atoms with Crippen LogP contribution >= 0.6 is 22.6 Å². The fraction of sp³-hybridized carbons (Fsp3) is 0.947. The van der Waals surface area contributed by atoms with Crippen LogP contribution in [0.4, 0.5) is 0 Å². The van der Waals surface area contributed by atoms with E-state index in [9.17, 15) is 4.79 Å². The van der Waals surface area contributed by atoms with Crippen LogP contribution in [0.5, 0.6) is 0 Å². The lowest BCUT2D eigenvalue weighted by Crippen LogP contribution is -2.41. The van der Waals surface area contributed by atoms with Crippen molar-refractivity contribution in [3.05, 3.63) is 0 Å². The molecule has 0 fully saturated rings. The van der Waals surface area contributed by atoms with Crippen LogP contribution in [0.1, 0.15) is 68.7 Å². The minimum Gasteiger partial charge on any atom is -0.446 e. The topological polar surface area (TPSA) is 38.3 Å². The Hall–Kier alpha value is 0.160. The van der Waals surface area contributed by atoms with E-state index < -0.39 is 5.41 Å². The predicted molar refractivity (Wildman–Crippen MR) is 108 cm³/mol. The highest BCUT2D eigenvalue weighted by molar-refractivity contribution is 14.1. The van der Waals surface area contributed by atoms with Crippen LogP contribution in [-0.2, 0) is 9.53 Å². The standard InChI is InChI=1S/C19H38INO2/c1-12(2)14(5)10-19(8,9)18(22)23-16(7)21-11-17(13(3)4)15(6)20/h12-17,21H,10-11H2,1-9H3. The van der Waals surface area contributed by atoms with E-state index in [-0.39, 0.29) is 12.2 Å². The van der Waals surface area contributed by atoms with Gasteiger partial charge in [-0.2, -0.15) is 0 Å². The van der Waals surface area contributed by atoms with Crippen LogP contribution < -0.4 is 5.32 Å². The Labute approximate surface area is 157 Å². The second-order valence-corrected chi connectivity index (χ2v) is 10.3. The third-order valence-electron chi connectivity index (χ3n) is 4.89. The number of nitrogens with one attached hydrogen (secondary N) is 1. The maximum Gasteiger partial charge on any atom is 0.313 e. The van der Waals surface area contributed by atoms with E-state index in [4.69, 9.17) is 4.74 Å². The monoisotopic (exact) mass is 439 g/mol. The zero-order valence-corrected chi connectivity index (χ0v) is 18.7. The zero-order chi connectivity index (χ0) is 18.4. The van der Waals surface area contributed by atoms with Gasteiger partial charge in [0, 0.05) is 10.5 Å². The van der Waals surface area contributed by atoms with Gasteiger partial charge in [-0.1, -0.05) is 64.1 Å². The Kier molecular flexibility index (Phi) is 10.3. The van der Waals surface area contributed by atoms with E-state index in [0.717, 1.165) is 13.0 Å². The Bertz CT molecular complexity index is 345. The largest absolute Gasteiger partial charge is 0.446 e. The second kappa shape index (κ2) is 10.2. The van der Waals surface area contributed by atoms with Crippen molar-refractivity contribution < 1.29 is 9.53 Å². The lowest BCUT2D eigenvalue weighted by Gasteiger charge is -2.30. The molecule has 0 aromatic heterocycles. The molecule has 138 valence electrons. The lowest BCUT2D eigenvalue weighted by molar-refractivity contribution is -0.161. The number of carbonyl (C=O) groups excluding carboxylic acids is 1. The van der Waals surface area contributed by atoms with Gasteiger partial charge >= 0.3 is 5.97 Å². The number of esters is 1. The highest BCUT2D eigenvalue weighted by atomic mass is 127. The molecular formula is C19H38INO2. The number of rotatable bonds is 10. The van der Waals surface area contributed by atoms with E-state index in [0.29, 0.717) is 27.6 Å². The van der Waals surface area contributed by atoms with E-state index >= 15 is 0 Å². The van der Waals surface area contributed by atoms with Gasteiger partial charge in [-0.25, -0.2) is 0 Å². The molecule has 0 heterocycles. The number of halogens is 1. The van der Waals surface area contributed by atoms with E-state index in [1.54, 1.807) is 0 Å². The average molecular weight is 439 g/mol. The van der Waals surface area contributed by atoms with Gasteiger partial charge in [-0.3, -0.25) is 10.1 Å². The van der Waals surface area contributed by atoms with Crippen LogP contribution in [0.3, 0.4) is 0 Å². The first-order valence-electron chi connectivity index (χ1n) is 8.97. The maximum atomic E-state index is 12.5. The number of hydrogen-bond donors (Lipinski definition) is 1. The summed E-state index contributed by atoms with van der Waals surface area (Å²) in [5.41, 5.74) is -0.437. The molecule has 0 aromatic carbocycles. The molecule has 3 nitrogen and oxygen atoms in total. The summed E-state index contributed by atoms with van der Waals surface area (Å²) in [5.74, 6) is 2.17. The summed E-state index contributed by atoms with van der Waals surface area (Å²) in [4.78, 5) is 12.5. The van der Waals surface area contributed by atoms with Crippen molar-refractivity contribution in [3.8, 4) is 0 Å². The molecule has 0 amide bonds. The van der Waals surface area contributed by atoms with Crippen molar-refractivity contribution in [3.63, 3.8) is 0 Å². The molecule has 1 N–H and O–H groups in total. The van der Waals surface area contributed by atoms with Gasteiger partial charge in [-0.15, -0.1) is 0 Å². The quantitative estimate of drug-likeness (QED) is 0.218. The molecule has 4 atom stereocenters. The number of ether oxygens (including phenoxy) is 1. The maximum absolute atomic E-state index is 12.5. The summed E-state index contributed by atoms with van der Waals surface area (Å²) in [6.07, 6.45) is 0.614. The van der Waals surface area contributed by atoms with Crippen molar-refractivity contribution in [2.45, 2.75) is 78.9 Å². The Morgan fingerprint density at radius 2 is 1.57 bits per heavy atom. The van der Waals surface area contributed by atoms with Gasteiger partial charge in [0.25, 0.3) is 0 Å². The molecule has 0 spiro atoms. The first-order valence-corrected chi connectivity index (χ1v) is 10.2. The molecular weight excluding hydrogens is 401 g/mol. The van der Waals surface area contributed by atoms with Crippen molar-refractivity contribution in [2.75, 3.05) is 6.54 Å². The summed E-state index contributed by atoms with van der Waals surface area (Å²) < 4.78 is 6.24. The van der Waals surface area contributed by atoms with Crippen LogP contribution in [0, 0.1) is 29.1 Å². The fourth-order valence-electron chi connectivity index (χ4n) is 2.72. The third kappa shape index (κ3) is 8.71. The average Bonchev–Trinajstić information content (AvgIpc) is 2.36. The number of alkyl halides is 1. The number of carbonyl (C=O) groups is 1. The Morgan fingerprint density at radius 1 is 1.04 bits per heavy atom. The third-order valence-corrected chi connectivity index (χ3v) is 5.82. The molecule has 0 saturated carbocycles. The summed E-state index contributed by atoms with van der Waals surface area (Å²) in [7, 11) is 0. The molecule has 4 unspecified atom stereocenters. The molecule has 0 aliphatic carbocycles. The molecule has 23 heavy (non-hydrogen) atoms. The van der Waals surface area contributed by atoms with Crippen molar-refractivity contribution in [1.29, 1.82) is 0 Å². The molecule has 0 rings (SSSR count). The molecule has 0 radical (unpaired) electrons.